The summed E-state index contributed by atoms with van der Waals surface area (Å²) in [5.41, 5.74) is 0. The molecule has 2 unspecified atom stereocenters. The molecule has 1 aromatic rings. The molecular formula is C18H30IN3OS2. The third kappa shape index (κ3) is 8.30. The van der Waals surface area contributed by atoms with Crippen LogP contribution in [0.4, 0.5) is 0 Å². The zero-order valence-corrected chi connectivity index (χ0v) is 19.3. The van der Waals surface area contributed by atoms with Crippen LogP contribution in [0.5, 0.6) is 5.75 Å². The van der Waals surface area contributed by atoms with Crippen LogP contribution in [0, 0.1) is 5.92 Å². The molecule has 0 bridgehead atoms. The normalized spacial score (nSPS) is 18.4. The summed E-state index contributed by atoms with van der Waals surface area (Å²) in [6.07, 6.45) is 2.67. The molecule has 4 nitrogen and oxygen atoms in total. The van der Waals surface area contributed by atoms with Gasteiger partial charge in [0, 0.05) is 36.0 Å². The molecule has 1 saturated heterocycles. The smallest absolute Gasteiger partial charge is 0.191 e. The standard InChI is InChI=1S/C18H29N3OS2.HI/c1-14(13-24-17-9-5-4-8-16(17)22-3)11-20-18(19-2)21-12-15-7-6-10-23-15;/h4-5,8-9,14-15H,6-7,10-13H2,1-3H3,(H2,19,20,21);1H. The van der Waals surface area contributed by atoms with Crippen molar-refractivity contribution >= 4 is 53.5 Å². The van der Waals surface area contributed by atoms with Gasteiger partial charge in [-0.3, -0.25) is 4.99 Å². The van der Waals surface area contributed by atoms with Crippen molar-refractivity contribution in [3.05, 3.63) is 24.3 Å². The molecule has 0 amide bonds. The fourth-order valence-electron chi connectivity index (χ4n) is 2.54. The Morgan fingerprint density at radius 1 is 1.40 bits per heavy atom. The summed E-state index contributed by atoms with van der Waals surface area (Å²) in [6.45, 7) is 4.18. The van der Waals surface area contributed by atoms with Gasteiger partial charge in [-0.1, -0.05) is 19.1 Å². The zero-order chi connectivity index (χ0) is 17.2. The van der Waals surface area contributed by atoms with E-state index < -0.39 is 0 Å². The molecule has 1 aliphatic heterocycles. The number of methoxy groups -OCH3 is 1. The Morgan fingerprint density at radius 2 is 2.20 bits per heavy atom. The maximum absolute atomic E-state index is 5.41. The summed E-state index contributed by atoms with van der Waals surface area (Å²) in [4.78, 5) is 5.53. The van der Waals surface area contributed by atoms with E-state index >= 15 is 0 Å². The minimum absolute atomic E-state index is 0. The maximum atomic E-state index is 5.41. The fourth-order valence-corrected chi connectivity index (χ4v) is 4.79. The maximum Gasteiger partial charge on any atom is 0.191 e. The average Bonchev–Trinajstić information content (AvgIpc) is 3.13. The van der Waals surface area contributed by atoms with Gasteiger partial charge in [0.25, 0.3) is 0 Å². The van der Waals surface area contributed by atoms with Crippen molar-refractivity contribution in [2.24, 2.45) is 10.9 Å². The van der Waals surface area contributed by atoms with Crippen LogP contribution < -0.4 is 15.4 Å². The third-order valence-electron chi connectivity index (χ3n) is 3.96. The summed E-state index contributed by atoms with van der Waals surface area (Å²) < 4.78 is 5.41. The number of para-hydroxylation sites is 1. The predicted molar refractivity (Wildman–Crippen MR) is 123 cm³/mol. The average molecular weight is 495 g/mol. The Morgan fingerprint density at radius 3 is 2.88 bits per heavy atom. The van der Waals surface area contributed by atoms with Gasteiger partial charge in [-0.05, 0) is 36.6 Å². The van der Waals surface area contributed by atoms with E-state index in [1.807, 2.05) is 30.9 Å². The number of guanidine groups is 1. The Kier molecular flexibility index (Phi) is 11.8. The van der Waals surface area contributed by atoms with Crippen LogP contribution in [-0.2, 0) is 0 Å². The van der Waals surface area contributed by atoms with Crippen molar-refractivity contribution in [2.75, 3.05) is 38.8 Å². The molecule has 25 heavy (non-hydrogen) atoms. The summed E-state index contributed by atoms with van der Waals surface area (Å²) >= 11 is 3.91. The Hall–Kier alpha value is -0.280. The lowest BCUT2D eigenvalue weighted by atomic mass is 10.2. The highest BCUT2D eigenvalue weighted by molar-refractivity contribution is 14.0. The first-order valence-electron chi connectivity index (χ1n) is 8.55. The first kappa shape index (κ1) is 22.8. The molecule has 0 aromatic heterocycles. The predicted octanol–water partition coefficient (Wildman–Crippen LogP) is 4.10. The number of nitrogens with zero attached hydrogens (tertiary/aromatic N) is 1. The highest BCUT2D eigenvalue weighted by Crippen LogP contribution is 2.29. The van der Waals surface area contributed by atoms with Crippen molar-refractivity contribution in [3.8, 4) is 5.75 Å². The summed E-state index contributed by atoms with van der Waals surface area (Å²) in [7, 11) is 3.56. The van der Waals surface area contributed by atoms with E-state index in [2.05, 4.69) is 46.4 Å². The van der Waals surface area contributed by atoms with Crippen LogP contribution in [0.1, 0.15) is 19.8 Å². The first-order chi connectivity index (χ1) is 11.7. The molecule has 1 fully saturated rings. The zero-order valence-electron chi connectivity index (χ0n) is 15.3. The van der Waals surface area contributed by atoms with Gasteiger partial charge in [0.15, 0.2) is 5.96 Å². The Balaban J connectivity index is 0.00000312. The van der Waals surface area contributed by atoms with Crippen molar-refractivity contribution in [1.82, 2.24) is 10.6 Å². The SMILES string of the molecule is CN=C(NCC(C)CSc1ccccc1OC)NCC1CCCS1.I. The number of hydrogen-bond donors (Lipinski definition) is 2. The molecule has 0 radical (unpaired) electrons. The minimum atomic E-state index is 0. The van der Waals surface area contributed by atoms with Crippen LogP contribution in [0.2, 0.25) is 0 Å². The second-order valence-electron chi connectivity index (χ2n) is 6.04. The van der Waals surface area contributed by atoms with Gasteiger partial charge in [0.1, 0.15) is 5.75 Å². The van der Waals surface area contributed by atoms with E-state index in [0.29, 0.717) is 5.92 Å². The number of rotatable bonds is 8. The van der Waals surface area contributed by atoms with Crippen molar-refractivity contribution in [3.63, 3.8) is 0 Å². The second-order valence-corrected chi connectivity index (χ2v) is 8.51. The number of nitrogens with one attached hydrogen (secondary N) is 2. The van der Waals surface area contributed by atoms with E-state index in [0.717, 1.165) is 35.8 Å². The summed E-state index contributed by atoms with van der Waals surface area (Å²) in [6, 6.07) is 8.19. The van der Waals surface area contributed by atoms with Gasteiger partial charge in [0.05, 0.1) is 7.11 Å². The van der Waals surface area contributed by atoms with Gasteiger partial charge in [-0.15, -0.1) is 35.7 Å². The van der Waals surface area contributed by atoms with Crippen molar-refractivity contribution in [2.45, 2.75) is 29.9 Å². The first-order valence-corrected chi connectivity index (χ1v) is 10.6. The topological polar surface area (TPSA) is 45.7 Å². The molecule has 0 aliphatic carbocycles. The third-order valence-corrected chi connectivity index (χ3v) is 6.74. The number of aliphatic imine (C=N–C) groups is 1. The Labute approximate surface area is 177 Å². The van der Waals surface area contributed by atoms with E-state index in [1.54, 1.807) is 7.11 Å². The lowest BCUT2D eigenvalue weighted by molar-refractivity contribution is 0.405. The van der Waals surface area contributed by atoms with Gasteiger partial charge < -0.3 is 15.4 Å². The second kappa shape index (κ2) is 13.0. The molecule has 1 aromatic carbocycles. The molecule has 0 spiro atoms. The number of hydrogen-bond acceptors (Lipinski definition) is 4. The van der Waals surface area contributed by atoms with Gasteiger partial charge in [-0.25, -0.2) is 0 Å². The summed E-state index contributed by atoms with van der Waals surface area (Å²) in [5.74, 6) is 4.75. The monoisotopic (exact) mass is 495 g/mol. The Bertz CT molecular complexity index is 525. The molecule has 0 saturated carbocycles. The molecule has 1 heterocycles. The van der Waals surface area contributed by atoms with Gasteiger partial charge in [-0.2, -0.15) is 11.8 Å². The van der Waals surface area contributed by atoms with Crippen LogP contribution in [0.15, 0.2) is 34.2 Å². The van der Waals surface area contributed by atoms with Crippen molar-refractivity contribution in [1.29, 1.82) is 0 Å². The van der Waals surface area contributed by atoms with Crippen LogP contribution >= 0.6 is 47.5 Å². The highest BCUT2D eigenvalue weighted by Gasteiger charge is 2.15. The number of halogens is 1. The van der Waals surface area contributed by atoms with E-state index in [-0.39, 0.29) is 24.0 Å². The number of thioether (sulfide) groups is 2. The summed E-state index contributed by atoms with van der Waals surface area (Å²) in [5, 5.41) is 7.63. The minimum Gasteiger partial charge on any atom is -0.496 e. The van der Waals surface area contributed by atoms with Crippen LogP contribution in [-0.4, -0.2) is 50.0 Å². The van der Waals surface area contributed by atoms with E-state index in [4.69, 9.17) is 4.74 Å². The van der Waals surface area contributed by atoms with Crippen molar-refractivity contribution < 1.29 is 4.74 Å². The molecule has 2 N–H and O–H groups in total. The molecular weight excluding hydrogens is 465 g/mol. The molecule has 1 aliphatic rings. The molecule has 2 atom stereocenters. The lowest BCUT2D eigenvalue weighted by Crippen LogP contribution is -2.42. The molecule has 2 rings (SSSR count). The van der Waals surface area contributed by atoms with Crippen LogP contribution in [0.25, 0.3) is 0 Å². The fraction of sp³-hybridized carbons (Fsp3) is 0.611. The largest absolute Gasteiger partial charge is 0.496 e. The van der Waals surface area contributed by atoms with E-state index in [9.17, 15) is 0 Å². The van der Waals surface area contributed by atoms with Gasteiger partial charge >= 0.3 is 0 Å². The molecule has 7 heteroatoms. The molecule has 142 valence electrons. The number of benzene rings is 1. The lowest BCUT2D eigenvalue weighted by Gasteiger charge is -2.18. The van der Waals surface area contributed by atoms with Gasteiger partial charge in [0.2, 0.25) is 0 Å². The van der Waals surface area contributed by atoms with Crippen LogP contribution in [0.3, 0.4) is 0 Å². The number of ether oxygens (including phenoxy) is 1. The quantitative estimate of drug-likeness (QED) is 0.246. The highest BCUT2D eigenvalue weighted by atomic mass is 127. The van der Waals surface area contributed by atoms with E-state index in [1.165, 1.54) is 23.5 Å².